The molecule has 0 radical (unpaired) electrons. The Bertz CT molecular complexity index is 1040. The van der Waals surface area contributed by atoms with E-state index in [4.69, 9.17) is 9.47 Å². The minimum Gasteiger partial charge on any atom is -0.394 e. The van der Waals surface area contributed by atoms with Gasteiger partial charge in [-0.15, -0.1) is 0 Å². The highest BCUT2D eigenvalue weighted by molar-refractivity contribution is 5.76. The van der Waals surface area contributed by atoms with Crippen LogP contribution >= 0.6 is 0 Å². The van der Waals surface area contributed by atoms with Crippen LogP contribution in [0.25, 0.3) is 0 Å². The number of allylic oxidation sites excluding steroid dienone is 2. The molecular weight excluding hydrogens is 827 g/mol. The lowest BCUT2D eigenvalue weighted by Crippen LogP contribution is -2.60. The molecule has 7 unspecified atom stereocenters. The first-order valence-electron chi connectivity index (χ1n) is 28.9. The first kappa shape index (κ1) is 62.9. The van der Waals surface area contributed by atoms with Crippen LogP contribution in [-0.2, 0) is 14.3 Å². The predicted molar refractivity (Wildman–Crippen MR) is 277 cm³/mol. The Balaban J connectivity index is 2.13. The molecule has 1 rings (SSSR count). The average molecular weight is 939 g/mol. The van der Waals surface area contributed by atoms with Gasteiger partial charge in [0.25, 0.3) is 0 Å². The zero-order valence-corrected chi connectivity index (χ0v) is 43.5. The van der Waals surface area contributed by atoms with Crippen LogP contribution in [0.1, 0.15) is 290 Å². The molecule has 1 amide bonds. The Labute approximate surface area is 407 Å². The standard InChI is InChI=1S/C57H111NO8/c1-3-5-7-9-11-13-15-17-19-20-21-22-23-24-25-26-27-28-29-30-31-32-33-35-37-39-41-43-45-47-53(61)58-50(49-65-57-56(64)55(63)54(62)52(48-59)66-57)51(60)46-44-42-40-38-36-34-18-16-14-12-10-8-6-4-2/h20-21,50-52,54-57,59-60,62-64H,3-19,22-49H2,1-2H3,(H,58,61)/b21-20-. The van der Waals surface area contributed by atoms with E-state index in [-0.39, 0.29) is 12.5 Å². The van der Waals surface area contributed by atoms with Crippen LogP contribution in [0.5, 0.6) is 0 Å². The third kappa shape index (κ3) is 36.9. The van der Waals surface area contributed by atoms with Gasteiger partial charge in [-0.2, -0.15) is 0 Å². The van der Waals surface area contributed by atoms with Crippen LogP contribution in [-0.4, -0.2) is 87.5 Å². The van der Waals surface area contributed by atoms with Gasteiger partial charge < -0.3 is 40.3 Å². The number of carbonyl (C=O) groups excluding carboxylic acids is 1. The van der Waals surface area contributed by atoms with Crippen molar-refractivity contribution in [3.8, 4) is 0 Å². The monoisotopic (exact) mass is 938 g/mol. The van der Waals surface area contributed by atoms with Crippen LogP contribution in [0.3, 0.4) is 0 Å². The van der Waals surface area contributed by atoms with Gasteiger partial charge in [-0.1, -0.05) is 257 Å². The average Bonchev–Trinajstić information content (AvgIpc) is 3.32. The van der Waals surface area contributed by atoms with E-state index in [0.717, 1.165) is 38.5 Å². The van der Waals surface area contributed by atoms with Crippen molar-refractivity contribution in [1.82, 2.24) is 5.32 Å². The molecule has 9 nitrogen and oxygen atoms in total. The van der Waals surface area contributed by atoms with Gasteiger partial charge in [-0.25, -0.2) is 0 Å². The van der Waals surface area contributed by atoms with Gasteiger partial charge in [0.2, 0.25) is 5.91 Å². The molecule has 9 heteroatoms. The minimum atomic E-state index is -1.55. The first-order chi connectivity index (χ1) is 32.3. The molecule has 0 aromatic rings. The Hall–Kier alpha value is -1.07. The van der Waals surface area contributed by atoms with E-state index in [2.05, 4.69) is 31.3 Å². The number of hydrogen-bond donors (Lipinski definition) is 6. The molecule has 1 saturated heterocycles. The zero-order valence-electron chi connectivity index (χ0n) is 43.5. The molecule has 0 saturated carbocycles. The van der Waals surface area contributed by atoms with Crippen molar-refractivity contribution in [2.45, 2.75) is 333 Å². The van der Waals surface area contributed by atoms with Crippen molar-refractivity contribution >= 4 is 5.91 Å². The predicted octanol–water partition coefficient (Wildman–Crippen LogP) is 14.0. The van der Waals surface area contributed by atoms with Gasteiger partial charge in [0.15, 0.2) is 6.29 Å². The number of carbonyl (C=O) groups is 1. The summed E-state index contributed by atoms with van der Waals surface area (Å²) < 4.78 is 11.3. The number of aliphatic hydroxyl groups is 5. The quantitative estimate of drug-likeness (QED) is 0.0261. The van der Waals surface area contributed by atoms with E-state index < -0.39 is 49.5 Å². The second kappa shape index (κ2) is 47.6. The number of amides is 1. The normalized spacial score (nSPS) is 19.8. The fourth-order valence-corrected chi connectivity index (χ4v) is 9.51. The van der Waals surface area contributed by atoms with Crippen molar-refractivity contribution in [3.63, 3.8) is 0 Å². The highest BCUT2D eigenvalue weighted by Gasteiger charge is 2.44. The van der Waals surface area contributed by atoms with Crippen LogP contribution in [0.15, 0.2) is 12.2 Å². The molecular formula is C57H111NO8. The summed E-state index contributed by atoms with van der Waals surface area (Å²) in [6.07, 6.45) is 51.0. The lowest BCUT2D eigenvalue weighted by atomic mass is 9.99. The van der Waals surface area contributed by atoms with Crippen molar-refractivity contribution < 1.29 is 39.8 Å². The molecule has 0 aromatic heterocycles. The van der Waals surface area contributed by atoms with E-state index in [0.29, 0.717) is 12.8 Å². The van der Waals surface area contributed by atoms with Gasteiger partial charge in [0, 0.05) is 6.42 Å². The van der Waals surface area contributed by atoms with Crippen LogP contribution in [0, 0.1) is 0 Å². The van der Waals surface area contributed by atoms with Crippen molar-refractivity contribution in [3.05, 3.63) is 12.2 Å². The Kier molecular flexibility index (Phi) is 45.4. The molecule has 1 heterocycles. The summed E-state index contributed by atoms with van der Waals surface area (Å²) >= 11 is 0. The number of unbranched alkanes of at least 4 members (excludes halogenated alkanes) is 38. The molecule has 392 valence electrons. The summed E-state index contributed by atoms with van der Waals surface area (Å²) in [6, 6.07) is -0.714. The van der Waals surface area contributed by atoms with Crippen molar-refractivity contribution in [1.29, 1.82) is 0 Å². The Morgan fingerprint density at radius 2 is 0.848 bits per heavy atom. The van der Waals surface area contributed by atoms with E-state index in [1.54, 1.807) is 0 Å². The summed E-state index contributed by atoms with van der Waals surface area (Å²) in [5, 5.41) is 54.6. The summed E-state index contributed by atoms with van der Waals surface area (Å²) in [5.41, 5.74) is 0. The van der Waals surface area contributed by atoms with Gasteiger partial charge in [0.05, 0.1) is 25.4 Å². The number of ether oxygens (including phenoxy) is 2. The van der Waals surface area contributed by atoms with Gasteiger partial charge in [0.1, 0.15) is 24.4 Å². The second-order valence-corrected chi connectivity index (χ2v) is 20.4. The van der Waals surface area contributed by atoms with Gasteiger partial charge in [-0.3, -0.25) is 4.79 Å². The van der Waals surface area contributed by atoms with Crippen LogP contribution in [0.4, 0.5) is 0 Å². The molecule has 66 heavy (non-hydrogen) atoms. The Morgan fingerprint density at radius 3 is 1.23 bits per heavy atom. The summed E-state index contributed by atoms with van der Waals surface area (Å²) in [4.78, 5) is 13.1. The third-order valence-corrected chi connectivity index (χ3v) is 14.1. The number of hydrogen-bond acceptors (Lipinski definition) is 8. The molecule has 1 aliphatic rings. The topological polar surface area (TPSA) is 149 Å². The van der Waals surface area contributed by atoms with Gasteiger partial charge >= 0.3 is 0 Å². The van der Waals surface area contributed by atoms with E-state index in [9.17, 15) is 30.3 Å². The highest BCUT2D eigenvalue weighted by atomic mass is 16.7. The summed E-state index contributed by atoms with van der Waals surface area (Å²) in [5.74, 6) is -0.139. The first-order valence-corrected chi connectivity index (χ1v) is 28.9. The maximum absolute atomic E-state index is 13.1. The van der Waals surface area contributed by atoms with Gasteiger partial charge in [-0.05, 0) is 38.5 Å². The molecule has 1 aliphatic heterocycles. The van der Waals surface area contributed by atoms with Crippen LogP contribution < -0.4 is 5.32 Å². The number of nitrogens with one attached hydrogen (secondary N) is 1. The zero-order chi connectivity index (χ0) is 48.0. The van der Waals surface area contributed by atoms with E-state index >= 15 is 0 Å². The molecule has 7 atom stereocenters. The second-order valence-electron chi connectivity index (χ2n) is 20.4. The summed E-state index contributed by atoms with van der Waals surface area (Å²) in [6.45, 7) is 3.87. The van der Waals surface area contributed by atoms with E-state index in [1.165, 1.54) is 225 Å². The lowest BCUT2D eigenvalue weighted by molar-refractivity contribution is -0.302. The largest absolute Gasteiger partial charge is 0.394 e. The van der Waals surface area contributed by atoms with Crippen molar-refractivity contribution in [2.24, 2.45) is 0 Å². The maximum atomic E-state index is 13.1. The fraction of sp³-hybridized carbons (Fsp3) is 0.947. The molecule has 0 spiro atoms. The Morgan fingerprint density at radius 1 is 0.500 bits per heavy atom. The fourth-order valence-electron chi connectivity index (χ4n) is 9.51. The molecule has 6 N–H and O–H groups in total. The van der Waals surface area contributed by atoms with E-state index in [1.807, 2.05) is 0 Å². The number of rotatable bonds is 50. The SMILES string of the molecule is CCCCCCCCCC/C=C\CCCCCCCCCCCCCCCCCCCC(=O)NC(COC1OC(CO)C(O)C(O)C1O)C(O)CCCCCCCCCCCCCCCC. The summed E-state index contributed by atoms with van der Waals surface area (Å²) in [7, 11) is 0. The minimum absolute atomic E-state index is 0.133. The molecule has 0 bridgehead atoms. The molecule has 0 aliphatic carbocycles. The lowest BCUT2D eigenvalue weighted by Gasteiger charge is -2.40. The molecule has 1 fully saturated rings. The van der Waals surface area contributed by atoms with Crippen LogP contribution in [0.2, 0.25) is 0 Å². The molecule has 0 aromatic carbocycles. The third-order valence-electron chi connectivity index (χ3n) is 14.1. The highest BCUT2D eigenvalue weighted by Crippen LogP contribution is 2.23. The maximum Gasteiger partial charge on any atom is 0.220 e. The van der Waals surface area contributed by atoms with Crippen molar-refractivity contribution in [2.75, 3.05) is 13.2 Å². The number of aliphatic hydroxyl groups excluding tert-OH is 5. The smallest absolute Gasteiger partial charge is 0.220 e.